The van der Waals surface area contributed by atoms with Crippen LogP contribution in [0.2, 0.25) is 0 Å². The van der Waals surface area contributed by atoms with Gasteiger partial charge in [-0.15, -0.1) is 0 Å². The summed E-state index contributed by atoms with van der Waals surface area (Å²) in [7, 11) is 3.47. The lowest BCUT2D eigenvalue weighted by Crippen LogP contribution is -2.23. The van der Waals surface area contributed by atoms with Crippen LogP contribution in [0.4, 0.5) is 0 Å². The average Bonchev–Trinajstić information content (AvgIpc) is 3.18. The van der Waals surface area contributed by atoms with Gasteiger partial charge in [0.25, 0.3) is 5.56 Å². The fourth-order valence-electron chi connectivity index (χ4n) is 3.75. The lowest BCUT2D eigenvalue weighted by atomic mass is 10.1. The van der Waals surface area contributed by atoms with E-state index in [2.05, 4.69) is 15.2 Å². The van der Waals surface area contributed by atoms with Crippen molar-refractivity contribution >= 4 is 21.9 Å². The third kappa shape index (κ3) is 3.35. The van der Waals surface area contributed by atoms with Crippen molar-refractivity contribution in [1.82, 2.24) is 24.5 Å². The number of aryl methyl sites for hydroxylation is 1. The van der Waals surface area contributed by atoms with Crippen molar-refractivity contribution in [1.29, 1.82) is 0 Å². The molecule has 0 radical (unpaired) electrons. The Labute approximate surface area is 183 Å². The molecule has 3 heterocycles. The molecule has 0 N–H and O–H groups in total. The summed E-state index contributed by atoms with van der Waals surface area (Å²) in [5, 5.41) is 9.94. The molecule has 160 valence electrons. The average molecular weight is 427 g/mol. The molecule has 32 heavy (non-hydrogen) atoms. The van der Waals surface area contributed by atoms with Crippen molar-refractivity contribution in [2.75, 3.05) is 13.7 Å². The van der Waals surface area contributed by atoms with Crippen LogP contribution in [0, 0.1) is 0 Å². The van der Waals surface area contributed by atoms with Gasteiger partial charge >= 0.3 is 0 Å². The molecule has 0 saturated heterocycles. The van der Waals surface area contributed by atoms with Crippen LogP contribution in [0.1, 0.15) is 6.92 Å². The van der Waals surface area contributed by atoms with Gasteiger partial charge in [0.15, 0.2) is 0 Å². The smallest absolute Gasteiger partial charge is 0.281 e. The molecular weight excluding hydrogens is 406 g/mol. The van der Waals surface area contributed by atoms with Crippen LogP contribution >= 0.6 is 0 Å². The number of hydrogen-bond acceptors (Lipinski definition) is 6. The van der Waals surface area contributed by atoms with Crippen molar-refractivity contribution in [2.45, 2.75) is 6.92 Å². The van der Waals surface area contributed by atoms with E-state index in [0.29, 0.717) is 40.5 Å². The molecule has 8 heteroatoms. The summed E-state index contributed by atoms with van der Waals surface area (Å²) in [6.07, 6.45) is 1.91. The SMILES string of the molecule is CCOc1ccc2nn(-c3ccc4nn(C)cc4c3)c(=O)c(-c3ccc(OC)cc3)c2n1. The Morgan fingerprint density at radius 2 is 1.75 bits per heavy atom. The number of methoxy groups -OCH3 is 1. The van der Waals surface area contributed by atoms with E-state index in [1.54, 1.807) is 17.9 Å². The summed E-state index contributed by atoms with van der Waals surface area (Å²) in [5.74, 6) is 1.16. The lowest BCUT2D eigenvalue weighted by Gasteiger charge is -2.12. The van der Waals surface area contributed by atoms with E-state index in [4.69, 9.17) is 9.47 Å². The third-order valence-electron chi connectivity index (χ3n) is 5.22. The van der Waals surface area contributed by atoms with Crippen molar-refractivity contribution in [2.24, 2.45) is 7.05 Å². The number of aromatic nitrogens is 5. The molecule has 0 aliphatic carbocycles. The summed E-state index contributed by atoms with van der Waals surface area (Å²) in [6.45, 7) is 2.37. The van der Waals surface area contributed by atoms with Crippen molar-refractivity contribution < 1.29 is 9.47 Å². The van der Waals surface area contributed by atoms with Gasteiger partial charge in [-0.1, -0.05) is 12.1 Å². The fourth-order valence-corrected chi connectivity index (χ4v) is 3.75. The maximum absolute atomic E-state index is 13.7. The van der Waals surface area contributed by atoms with Crippen molar-refractivity contribution in [3.63, 3.8) is 0 Å². The Balaban J connectivity index is 1.79. The molecule has 5 aromatic rings. The van der Waals surface area contributed by atoms with Crippen molar-refractivity contribution in [3.05, 3.63) is 71.1 Å². The number of ether oxygens (including phenoxy) is 2. The predicted molar refractivity (Wildman–Crippen MR) is 123 cm³/mol. The van der Waals surface area contributed by atoms with E-state index in [0.717, 1.165) is 16.5 Å². The molecule has 0 atom stereocenters. The Kier molecular flexibility index (Phi) is 4.82. The van der Waals surface area contributed by atoms with Crippen LogP contribution < -0.4 is 15.0 Å². The second kappa shape index (κ2) is 7.81. The van der Waals surface area contributed by atoms with Crippen molar-refractivity contribution in [3.8, 4) is 28.4 Å². The highest BCUT2D eigenvalue weighted by atomic mass is 16.5. The van der Waals surface area contributed by atoms with Gasteiger partial charge in [0.1, 0.15) is 16.8 Å². The van der Waals surface area contributed by atoms with Crippen LogP contribution in [0.15, 0.2) is 65.6 Å². The van der Waals surface area contributed by atoms with Gasteiger partial charge < -0.3 is 9.47 Å². The summed E-state index contributed by atoms with van der Waals surface area (Å²) in [6, 6.07) is 16.5. The van der Waals surface area contributed by atoms with Gasteiger partial charge in [-0.05, 0) is 48.9 Å². The van der Waals surface area contributed by atoms with Gasteiger partial charge in [0.05, 0.1) is 30.5 Å². The second-order valence-corrected chi connectivity index (χ2v) is 7.32. The molecule has 0 aliphatic heterocycles. The van der Waals surface area contributed by atoms with E-state index in [-0.39, 0.29) is 5.56 Å². The molecule has 0 saturated carbocycles. The number of rotatable bonds is 5. The molecule has 2 aromatic carbocycles. The minimum absolute atomic E-state index is 0.271. The molecule has 0 unspecified atom stereocenters. The third-order valence-corrected chi connectivity index (χ3v) is 5.22. The maximum Gasteiger partial charge on any atom is 0.281 e. The summed E-state index contributed by atoms with van der Waals surface area (Å²) in [5.41, 5.74) is 3.48. The largest absolute Gasteiger partial charge is 0.497 e. The van der Waals surface area contributed by atoms with Gasteiger partial charge in [0, 0.05) is 24.7 Å². The van der Waals surface area contributed by atoms with E-state index in [1.165, 1.54) is 4.68 Å². The molecule has 0 fully saturated rings. The van der Waals surface area contributed by atoms with Gasteiger partial charge in [0.2, 0.25) is 5.88 Å². The predicted octanol–water partition coefficient (Wildman–Crippen LogP) is 3.74. The Morgan fingerprint density at radius 3 is 2.50 bits per heavy atom. The first-order valence-corrected chi connectivity index (χ1v) is 10.2. The standard InChI is InChI=1S/C24H21N5O3/c1-4-32-21-12-11-20-23(25-21)22(15-5-8-18(31-3)9-6-15)24(30)29(27-20)17-7-10-19-16(13-17)14-28(2)26-19/h5-14H,4H2,1-3H3. The Hall–Kier alpha value is -4.20. The quantitative estimate of drug-likeness (QED) is 0.425. The van der Waals surface area contributed by atoms with Crippen LogP contribution in [-0.2, 0) is 7.05 Å². The molecular formula is C24H21N5O3. The minimum atomic E-state index is -0.271. The minimum Gasteiger partial charge on any atom is -0.497 e. The van der Waals surface area contributed by atoms with Gasteiger partial charge in [-0.2, -0.15) is 14.9 Å². The first-order chi connectivity index (χ1) is 15.6. The summed E-state index contributed by atoms with van der Waals surface area (Å²) < 4.78 is 14.0. The Morgan fingerprint density at radius 1 is 0.969 bits per heavy atom. The maximum atomic E-state index is 13.7. The second-order valence-electron chi connectivity index (χ2n) is 7.32. The molecule has 3 aromatic heterocycles. The normalized spacial score (nSPS) is 11.2. The molecule has 0 bridgehead atoms. The van der Waals surface area contributed by atoms with Gasteiger partial charge in [-0.3, -0.25) is 9.48 Å². The number of hydrogen-bond donors (Lipinski definition) is 0. The first-order valence-electron chi connectivity index (χ1n) is 10.2. The summed E-state index contributed by atoms with van der Waals surface area (Å²) in [4.78, 5) is 18.3. The first kappa shape index (κ1) is 19.7. The molecule has 0 amide bonds. The van der Waals surface area contributed by atoms with E-state index < -0.39 is 0 Å². The fraction of sp³-hybridized carbons (Fsp3) is 0.167. The van der Waals surface area contributed by atoms with E-state index in [1.807, 2.05) is 68.7 Å². The highest BCUT2D eigenvalue weighted by Crippen LogP contribution is 2.27. The monoisotopic (exact) mass is 427 g/mol. The molecule has 0 spiro atoms. The van der Waals surface area contributed by atoms with Gasteiger partial charge in [-0.25, -0.2) is 4.98 Å². The lowest BCUT2D eigenvalue weighted by molar-refractivity contribution is 0.328. The zero-order valence-electron chi connectivity index (χ0n) is 17.9. The number of fused-ring (bicyclic) bond motifs is 2. The topological polar surface area (TPSA) is 84.1 Å². The number of nitrogens with zero attached hydrogens (tertiary/aromatic N) is 5. The summed E-state index contributed by atoms with van der Waals surface area (Å²) >= 11 is 0. The molecule has 5 rings (SSSR count). The van der Waals surface area contributed by atoms with Crippen LogP contribution in [0.5, 0.6) is 11.6 Å². The zero-order chi connectivity index (χ0) is 22.2. The Bertz CT molecular complexity index is 1500. The van der Waals surface area contributed by atoms with Crippen LogP contribution in [0.3, 0.4) is 0 Å². The zero-order valence-corrected chi connectivity index (χ0v) is 17.9. The van der Waals surface area contributed by atoms with E-state index in [9.17, 15) is 4.79 Å². The van der Waals surface area contributed by atoms with Crippen LogP contribution in [0.25, 0.3) is 38.8 Å². The highest BCUT2D eigenvalue weighted by molar-refractivity contribution is 5.91. The molecule has 8 nitrogen and oxygen atoms in total. The highest BCUT2D eigenvalue weighted by Gasteiger charge is 2.17. The number of benzene rings is 2. The van der Waals surface area contributed by atoms with E-state index >= 15 is 0 Å². The number of pyridine rings is 1. The van der Waals surface area contributed by atoms with Crippen LogP contribution in [-0.4, -0.2) is 38.3 Å². The molecule has 0 aliphatic rings.